The Bertz CT molecular complexity index is 408. The van der Waals surface area contributed by atoms with Crippen molar-refractivity contribution in [1.82, 2.24) is 5.32 Å². The van der Waals surface area contributed by atoms with Crippen LogP contribution in [0.1, 0.15) is 44.7 Å². The van der Waals surface area contributed by atoms with Crippen LogP contribution in [-0.4, -0.2) is 19.2 Å². The highest BCUT2D eigenvalue weighted by Gasteiger charge is 2.26. The van der Waals surface area contributed by atoms with Gasteiger partial charge < -0.3 is 10.1 Å². The normalized spacial score (nSPS) is 15.8. The molecule has 1 N–H and O–H groups in total. The molecule has 1 aromatic carbocycles. The Morgan fingerprint density at radius 2 is 2.06 bits per heavy atom. The molecule has 0 saturated heterocycles. The summed E-state index contributed by atoms with van der Waals surface area (Å²) >= 11 is 0. The highest BCUT2D eigenvalue weighted by Crippen LogP contribution is 2.29. The highest BCUT2D eigenvalue weighted by atomic mass is 16.5. The molecule has 2 heteroatoms. The van der Waals surface area contributed by atoms with E-state index in [0.29, 0.717) is 0 Å². The molecule has 0 spiro atoms. The van der Waals surface area contributed by atoms with Crippen molar-refractivity contribution in [3.8, 4) is 5.75 Å². The molecule has 2 nitrogen and oxygen atoms in total. The van der Waals surface area contributed by atoms with Gasteiger partial charge in [0.15, 0.2) is 0 Å². The molecular formula is C16H25NO. The molecule has 2 rings (SSSR count). The lowest BCUT2D eigenvalue weighted by Gasteiger charge is -2.26. The van der Waals surface area contributed by atoms with E-state index in [2.05, 4.69) is 44.3 Å². The van der Waals surface area contributed by atoms with Crippen LogP contribution in [0.2, 0.25) is 0 Å². The number of hydrogen-bond acceptors (Lipinski definition) is 2. The highest BCUT2D eigenvalue weighted by molar-refractivity contribution is 5.39. The zero-order valence-corrected chi connectivity index (χ0v) is 12.0. The third-order valence-electron chi connectivity index (χ3n) is 3.67. The van der Waals surface area contributed by atoms with Gasteiger partial charge in [-0.2, -0.15) is 0 Å². The largest absolute Gasteiger partial charge is 0.494 e. The summed E-state index contributed by atoms with van der Waals surface area (Å²) < 4.78 is 5.60. The van der Waals surface area contributed by atoms with Crippen molar-refractivity contribution in [1.29, 1.82) is 0 Å². The van der Waals surface area contributed by atoms with Crippen LogP contribution in [0.5, 0.6) is 5.75 Å². The lowest BCUT2D eigenvalue weighted by Crippen LogP contribution is -2.34. The predicted octanol–water partition coefficient (Wildman–Crippen LogP) is 3.42. The molecule has 0 amide bonds. The average molecular weight is 247 g/mol. The van der Waals surface area contributed by atoms with Crippen LogP contribution in [0.3, 0.4) is 0 Å². The monoisotopic (exact) mass is 247 g/mol. The predicted molar refractivity (Wildman–Crippen MR) is 76.4 cm³/mol. The van der Waals surface area contributed by atoms with E-state index in [9.17, 15) is 0 Å². The fourth-order valence-electron chi connectivity index (χ4n) is 2.18. The summed E-state index contributed by atoms with van der Waals surface area (Å²) in [4.78, 5) is 0. The molecule has 0 aromatic heterocycles. The number of hydrogen-bond donors (Lipinski definition) is 1. The van der Waals surface area contributed by atoms with Crippen molar-refractivity contribution < 1.29 is 4.74 Å². The summed E-state index contributed by atoms with van der Waals surface area (Å²) in [5, 5.41) is 3.62. The van der Waals surface area contributed by atoms with Gasteiger partial charge in [-0.1, -0.05) is 26.0 Å². The minimum Gasteiger partial charge on any atom is -0.494 e. The maximum absolute atomic E-state index is 5.60. The van der Waals surface area contributed by atoms with Gasteiger partial charge in [0.2, 0.25) is 0 Å². The third kappa shape index (κ3) is 3.26. The standard InChI is InChI=1S/C16H25NO/c1-5-18-15-9-6-13(10-12(15)2)16(3,4)11-17-14-7-8-14/h6,9-10,14,17H,5,7-8,11H2,1-4H3. The molecule has 0 heterocycles. The van der Waals surface area contributed by atoms with Crippen LogP contribution >= 0.6 is 0 Å². The molecule has 0 bridgehead atoms. The van der Waals surface area contributed by atoms with Crippen LogP contribution in [-0.2, 0) is 5.41 Å². The number of nitrogens with one attached hydrogen (secondary N) is 1. The van der Waals surface area contributed by atoms with E-state index in [1.165, 1.54) is 24.0 Å². The maximum atomic E-state index is 5.60. The van der Waals surface area contributed by atoms with Gasteiger partial charge in [-0.15, -0.1) is 0 Å². The first-order valence-corrected chi connectivity index (χ1v) is 7.00. The van der Waals surface area contributed by atoms with E-state index >= 15 is 0 Å². The number of benzene rings is 1. The SMILES string of the molecule is CCOc1ccc(C(C)(C)CNC2CC2)cc1C. The molecule has 1 aliphatic carbocycles. The molecule has 1 aliphatic rings. The molecule has 1 fully saturated rings. The molecule has 0 aliphatic heterocycles. The van der Waals surface area contributed by atoms with Gasteiger partial charge >= 0.3 is 0 Å². The van der Waals surface area contributed by atoms with Crippen LogP contribution in [0.25, 0.3) is 0 Å². The summed E-state index contributed by atoms with van der Waals surface area (Å²) in [5.41, 5.74) is 2.79. The second-order valence-corrected chi connectivity index (χ2v) is 5.95. The minimum atomic E-state index is 0.179. The number of ether oxygens (including phenoxy) is 1. The van der Waals surface area contributed by atoms with E-state index in [1.54, 1.807) is 0 Å². The first-order chi connectivity index (χ1) is 8.53. The third-order valence-corrected chi connectivity index (χ3v) is 3.67. The van der Waals surface area contributed by atoms with Crippen molar-refractivity contribution in [2.45, 2.75) is 52.0 Å². The summed E-state index contributed by atoms with van der Waals surface area (Å²) in [7, 11) is 0. The fourth-order valence-corrected chi connectivity index (χ4v) is 2.18. The molecule has 0 radical (unpaired) electrons. The van der Waals surface area contributed by atoms with Crippen molar-refractivity contribution in [2.75, 3.05) is 13.2 Å². The smallest absolute Gasteiger partial charge is 0.122 e. The summed E-state index contributed by atoms with van der Waals surface area (Å²) in [6.07, 6.45) is 2.69. The fraction of sp³-hybridized carbons (Fsp3) is 0.625. The van der Waals surface area contributed by atoms with E-state index in [1.807, 2.05) is 6.92 Å². The van der Waals surface area contributed by atoms with E-state index in [0.717, 1.165) is 24.9 Å². The Hall–Kier alpha value is -1.02. The molecule has 1 aromatic rings. The van der Waals surface area contributed by atoms with E-state index < -0.39 is 0 Å². The van der Waals surface area contributed by atoms with Crippen molar-refractivity contribution in [2.24, 2.45) is 0 Å². The summed E-state index contributed by atoms with van der Waals surface area (Å²) in [6, 6.07) is 7.34. The zero-order valence-electron chi connectivity index (χ0n) is 12.0. The Balaban J connectivity index is 2.08. The second-order valence-electron chi connectivity index (χ2n) is 5.95. The van der Waals surface area contributed by atoms with E-state index in [4.69, 9.17) is 4.74 Å². The van der Waals surface area contributed by atoms with Crippen molar-refractivity contribution in [3.63, 3.8) is 0 Å². The molecule has 0 unspecified atom stereocenters. The molecular weight excluding hydrogens is 222 g/mol. The Morgan fingerprint density at radius 1 is 1.33 bits per heavy atom. The van der Waals surface area contributed by atoms with Gasteiger partial charge in [0.1, 0.15) is 5.75 Å². The van der Waals surface area contributed by atoms with Crippen molar-refractivity contribution >= 4 is 0 Å². The van der Waals surface area contributed by atoms with Crippen LogP contribution in [0.15, 0.2) is 18.2 Å². The van der Waals surface area contributed by atoms with Crippen molar-refractivity contribution in [3.05, 3.63) is 29.3 Å². The topological polar surface area (TPSA) is 21.3 Å². The van der Waals surface area contributed by atoms with Gasteiger partial charge in [0.05, 0.1) is 6.61 Å². The van der Waals surface area contributed by atoms with Gasteiger partial charge in [0, 0.05) is 18.0 Å². The van der Waals surface area contributed by atoms with Crippen LogP contribution in [0.4, 0.5) is 0 Å². The zero-order chi connectivity index (χ0) is 13.2. The number of aryl methyl sites for hydroxylation is 1. The molecule has 100 valence electrons. The molecule has 18 heavy (non-hydrogen) atoms. The Morgan fingerprint density at radius 3 is 2.61 bits per heavy atom. The summed E-state index contributed by atoms with van der Waals surface area (Å²) in [5.74, 6) is 1.01. The molecule has 0 atom stereocenters. The average Bonchev–Trinajstić information content (AvgIpc) is 3.13. The summed E-state index contributed by atoms with van der Waals surface area (Å²) in [6.45, 7) is 10.5. The Kier molecular flexibility index (Phi) is 3.96. The van der Waals surface area contributed by atoms with Gasteiger partial charge in [-0.3, -0.25) is 0 Å². The molecule has 1 saturated carbocycles. The van der Waals surface area contributed by atoms with Crippen LogP contribution in [0, 0.1) is 6.92 Å². The second kappa shape index (κ2) is 5.31. The lowest BCUT2D eigenvalue weighted by atomic mass is 9.83. The van der Waals surface area contributed by atoms with E-state index in [-0.39, 0.29) is 5.41 Å². The van der Waals surface area contributed by atoms with Gasteiger partial charge in [-0.05, 0) is 43.9 Å². The minimum absolute atomic E-state index is 0.179. The quantitative estimate of drug-likeness (QED) is 0.831. The lowest BCUT2D eigenvalue weighted by molar-refractivity contribution is 0.337. The maximum Gasteiger partial charge on any atom is 0.122 e. The van der Waals surface area contributed by atoms with Gasteiger partial charge in [-0.25, -0.2) is 0 Å². The first kappa shape index (κ1) is 13.4. The van der Waals surface area contributed by atoms with Gasteiger partial charge in [0.25, 0.3) is 0 Å². The first-order valence-electron chi connectivity index (χ1n) is 7.00. The van der Waals surface area contributed by atoms with Crippen LogP contribution < -0.4 is 10.1 Å². The number of rotatable bonds is 6. The Labute approximate surface area is 111 Å².